The fourth-order valence-electron chi connectivity index (χ4n) is 1.58. The standard InChI is InChI=1S/C12H21N3O2/c1-9(2)15-12(13-8-14-15)7-11(16)6-5-10(3)17-4/h8-10H,5-7H2,1-4H3. The van der Waals surface area contributed by atoms with E-state index in [1.165, 1.54) is 6.33 Å². The lowest BCUT2D eigenvalue weighted by Crippen LogP contribution is -2.14. The first-order chi connectivity index (χ1) is 8.04. The number of hydrogen-bond donors (Lipinski definition) is 0. The average Bonchev–Trinajstić information content (AvgIpc) is 2.74. The van der Waals surface area contributed by atoms with E-state index in [1.54, 1.807) is 11.8 Å². The van der Waals surface area contributed by atoms with Gasteiger partial charge in [-0.1, -0.05) is 0 Å². The van der Waals surface area contributed by atoms with E-state index in [9.17, 15) is 4.79 Å². The number of Topliss-reactive ketones (excluding diaryl/α,β-unsaturated/α-hetero) is 1. The summed E-state index contributed by atoms with van der Waals surface area (Å²) in [7, 11) is 1.66. The molecule has 0 aliphatic carbocycles. The molecule has 0 amide bonds. The highest BCUT2D eigenvalue weighted by Gasteiger charge is 2.13. The second-order valence-electron chi connectivity index (χ2n) is 4.52. The van der Waals surface area contributed by atoms with E-state index in [0.29, 0.717) is 12.8 Å². The largest absolute Gasteiger partial charge is 0.382 e. The zero-order valence-corrected chi connectivity index (χ0v) is 11.0. The fourth-order valence-corrected chi connectivity index (χ4v) is 1.58. The minimum atomic E-state index is 0.127. The van der Waals surface area contributed by atoms with Gasteiger partial charge in [-0.3, -0.25) is 4.79 Å². The second-order valence-corrected chi connectivity index (χ2v) is 4.52. The summed E-state index contributed by atoms with van der Waals surface area (Å²) in [6.45, 7) is 6.01. The molecule has 5 nitrogen and oxygen atoms in total. The van der Waals surface area contributed by atoms with Crippen LogP contribution in [0.25, 0.3) is 0 Å². The highest BCUT2D eigenvalue weighted by Crippen LogP contribution is 2.08. The first kappa shape index (κ1) is 13.8. The van der Waals surface area contributed by atoms with E-state index in [1.807, 2.05) is 20.8 Å². The SMILES string of the molecule is COC(C)CCC(=O)Cc1ncnn1C(C)C. The van der Waals surface area contributed by atoms with E-state index in [-0.39, 0.29) is 17.9 Å². The van der Waals surface area contributed by atoms with Crippen LogP contribution in [0.2, 0.25) is 0 Å². The molecule has 0 saturated carbocycles. The van der Waals surface area contributed by atoms with Gasteiger partial charge in [-0.15, -0.1) is 0 Å². The molecule has 0 aliphatic rings. The topological polar surface area (TPSA) is 57.0 Å². The highest BCUT2D eigenvalue weighted by molar-refractivity contribution is 5.80. The van der Waals surface area contributed by atoms with Gasteiger partial charge in [-0.25, -0.2) is 9.67 Å². The summed E-state index contributed by atoms with van der Waals surface area (Å²) >= 11 is 0. The third-order valence-electron chi connectivity index (χ3n) is 2.72. The van der Waals surface area contributed by atoms with Gasteiger partial charge in [0, 0.05) is 19.6 Å². The maximum atomic E-state index is 11.8. The van der Waals surface area contributed by atoms with Crippen LogP contribution in [-0.2, 0) is 16.0 Å². The first-order valence-corrected chi connectivity index (χ1v) is 5.97. The Hall–Kier alpha value is -1.23. The van der Waals surface area contributed by atoms with Crippen LogP contribution in [0, 0.1) is 0 Å². The minimum absolute atomic E-state index is 0.127. The van der Waals surface area contributed by atoms with E-state index in [2.05, 4.69) is 10.1 Å². The van der Waals surface area contributed by atoms with Gasteiger partial charge >= 0.3 is 0 Å². The summed E-state index contributed by atoms with van der Waals surface area (Å²) in [6.07, 6.45) is 3.27. The van der Waals surface area contributed by atoms with Crippen molar-refractivity contribution in [3.8, 4) is 0 Å². The minimum Gasteiger partial charge on any atom is -0.382 e. The molecule has 1 unspecified atom stereocenters. The first-order valence-electron chi connectivity index (χ1n) is 5.97. The Kier molecular flexibility index (Phi) is 5.28. The number of ketones is 1. The van der Waals surface area contributed by atoms with Crippen LogP contribution < -0.4 is 0 Å². The number of hydrogen-bond acceptors (Lipinski definition) is 4. The van der Waals surface area contributed by atoms with Crippen molar-refractivity contribution in [2.75, 3.05) is 7.11 Å². The Bertz CT molecular complexity index is 360. The predicted octanol–water partition coefficient (Wildman–Crippen LogP) is 1.79. The number of carbonyl (C=O) groups is 1. The molecular weight excluding hydrogens is 218 g/mol. The van der Waals surface area contributed by atoms with Gasteiger partial charge in [0.25, 0.3) is 0 Å². The molecule has 1 heterocycles. The molecule has 17 heavy (non-hydrogen) atoms. The number of carbonyl (C=O) groups excluding carboxylic acids is 1. The third-order valence-corrected chi connectivity index (χ3v) is 2.72. The van der Waals surface area contributed by atoms with Crippen molar-refractivity contribution in [3.05, 3.63) is 12.2 Å². The Morgan fingerprint density at radius 3 is 2.76 bits per heavy atom. The number of aromatic nitrogens is 3. The molecule has 0 fully saturated rings. The lowest BCUT2D eigenvalue weighted by Gasteiger charge is -2.10. The van der Waals surface area contributed by atoms with Crippen molar-refractivity contribution in [1.29, 1.82) is 0 Å². The molecule has 0 aliphatic heterocycles. The van der Waals surface area contributed by atoms with Gasteiger partial charge in [0.1, 0.15) is 17.9 Å². The smallest absolute Gasteiger partial charge is 0.140 e. The van der Waals surface area contributed by atoms with Gasteiger partial charge in [0.15, 0.2) is 0 Å². The zero-order valence-electron chi connectivity index (χ0n) is 11.0. The molecule has 1 rings (SSSR count). The van der Waals surface area contributed by atoms with Gasteiger partial charge in [-0.05, 0) is 27.2 Å². The lowest BCUT2D eigenvalue weighted by molar-refractivity contribution is -0.119. The molecule has 5 heteroatoms. The average molecular weight is 239 g/mol. The van der Waals surface area contributed by atoms with Crippen molar-refractivity contribution in [1.82, 2.24) is 14.8 Å². The van der Waals surface area contributed by atoms with E-state index in [4.69, 9.17) is 4.74 Å². The second kappa shape index (κ2) is 6.49. The van der Waals surface area contributed by atoms with Gasteiger partial charge < -0.3 is 4.74 Å². The lowest BCUT2D eigenvalue weighted by atomic mass is 10.1. The Balaban J connectivity index is 2.48. The molecule has 1 aromatic heterocycles. The summed E-state index contributed by atoms with van der Waals surface area (Å²) in [5.41, 5.74) is 0. The Labute approximate surface area is 102 Å². The normalized spacial score (nSPS) is 13.0. The summed E-state index contributed by atoms with van der Waals surface area (Å²) in [5.74, 6) is 0.930. The number of rotatable bonds is 7. The Morgan fingerprint density at radius 2 is 2.18 bits per heavy atom. The van der Waals surface area contributed by atoms with E-state index in [0.717, 1.165) is 12.2 Å². The van der Waals surface area contributed by atoms with Crippen LogP contribution in [0.15, 0.2) is 6.33 Å². The molecule has 0 radical (unpaired) electrons. The maximum Gasteiger partial charge on any atom is 0.140 e. The molecule has 0 saturated heterocycles. The van der Waals surface area contributed by atoms with E-state index < -0.39 is 0 Å². The molecule has 0 spiro atoms. The van der Waals surface area contributed by atoms with Crippen LogP contribution in [0.4, 0.5) is 0 Å². The molecule has 1 atom stereocenters. The molecule has 0 bridgehead atoms. The van der Waals surface area contributed by atoms with Crippen molar-refractivity contribution < 1.29 is 9.53 Å². The van der Waals surface area contributed by atoms with Gasteiger partial charge in [-0.2, -0.15) is 5.10 Å². The number of ether oxygens (including phenoxy) is 1. The summed E-state index contributed by atoms with van der Waals surface area (Å²) in [6, 6.07) is 0.234. The van der Waals surface area contributed by atoms with Crippen LogP contribution in [0.3, 0.4) is 0 Å². The van der Waals surface area contributed by atoms with Crippen molar-refractivity contribution in [2.45, 2.75) is 52.2 Å². The monoisotopic (exact) mass is 239 g/mol. The Morgan fingerprint density at radius 1 is 1.47 bits per heavy atom. The summed E-state index contributed by atoms with van der Waals surface area (Å²) < 4.78 is 6.90. The molecular formula is C12H21N3O2. The highest BCUT2D eigenvalue weighted by atomic mass is 16.5. The maximum absolute atomic E-state index is 11.8. The van der Waals surface area contributed by atoms with Crippen LogP contribution in [-0.4, -0.2) is 33.8 Å². The molecule has 1 aromatic rings. The molecule has 96 valence electrons. The van der Waals surface area contributed by atoms with Crippen LogP contribution in [0.1, 0.15) is 45.5 Å². The quantitative estimate of drug-likeness (QED) is 0.728. The third kappa shape index (κ3) is 4.26. The van der Waals surface area contributed by atoms with Gasteiger partial charge in [0.05, 0.1) is 12.5 Å². The van der Waals surface area contributed by atoms with Crippen molar-refractivity contribution in [3.63, 3.8) is 0 Å². The number of nitrogens with zero attached hydrogens (tertiary/aromatic N) is 3. The molecule has 0 aromatic carbocycles. The summed E-state index contributed by atoms with van der Waals surface area (Å²) in [5, 5.41) is 4.11. The van der Waals surface area contributed by atoms with Crippen molar-refractivity contribution >= 4 is 5.78 Å². The van der Waals surface area contributed by atoms with Crippen LogP contribution >= 0.6 is 0 Å². The molecule has 0 N–H and O–H groups in total. The van der Waals surface area contributed by atoms with E-state index >= 15 is 0 Å². The number of methoxy groups -OCH3 is 1. The predicted molar refractivity (Wildman–Crippen MR) is 64.8 cm³/mol. The summed E-state index contributed by atoms with van der Waals surface area (Å²) in [4.78, 5) is 15.9. The zero-order chi connectivity index (χ0) is 12.8. The van der Waals surface area contributed by atoms with Crippen molar-refractivity contribution in [2.24, 2.45) is 0 Å². The van der Waals surface area contributed by atoms with Crippen LogP contribution in [0.5, 0.6) is 0 Å². The van der Waals surface area contributed by atoms with Gasteiger partial charge in [0.2, 0.25) is 0 Å². The fraction of sp³-hybridized carbons (Fsp3) is 0.750.